The van der Waals surface area contributed by atoms with Crippen molar-refractivity contribution in [3.8, 4) is 0 Å². The van der Waals surface area contributed by atoms with Gasteiger partial charge in [0.1, 0.15) is 5.82 Å². The number of hydrogen-bond acceptors (Lipinski definition) is 5. The zero-order valence-electron chi connectivity index (χ0n) is 11.8. The van der Waals surface area contributed by atoms with E-state index in [2.05, 4.69) is 15.5 Å². The van der Waals surface area contributed by atoms with Crippen molar-refractivity contribution in [3.05, 3.63) is 17.8 Å². The molecule has 0 aliphatic heterocycles. The molecule has 1 aromatic heterocycles. The van der Waals surface area contributed by atoms with Gasteiger partial charge in [-0.25, -0.2) is 0 Å². The van der Waals surface area contributed by atoms with E-state index in [0.29, 0.717) is 18.1 Å². The predicted molar refractivity (Wildman–Crippen MR) is 74.1 cm³/mol. The molecule has 2 N–H and O–H groups in total. The zero-order chi connectivity index (χ0) is 14.3. The lowest BCUT2D eigenvalue weighted by Crippen LogP contribution is -2.42. The second-order valence-corrected chi connectivity index (χ2v) is 4.25. The van der Waals surface area contributed by atoms with E-state index in [4.69, 9.17) is 5.11 Å². The number of carbonyl (C=O) groups excluding carboxylic acids is 1. The number of amides is 1. The van der Waals surface area contributed by atoms with Crippen LogP contribution in [0.4, 0.5) is 5.82 Å². The Balaban J connectivity index is 2.91. The summed E-state index contributed by atoms with van der Waals surface area (Å²) in [6, 6.07) is 3.48. The summed E-state index contributed by atoms with van der Waals surface area (Å²) in [6.07, 6.45) is 1.70. The molecular weight excluding hydrogens is 244 g/mol. The molecule has 0 saturated heterocycles. The smallest absolute Gasteiger partial charge is 0.274 e. The Labute approximate surface area is 113 Å². The summed E-state index contributed by atoms with van der Waals surface area (Å²) in [7, 11) is 1.74. The topological polar surface area (TPSA) is 78.4 Å². The van der Waals surface area contributed by atoms with Gasteiger partial charge in [0, 0.05) is 19.6 Å². The number of rotatable bonds is 7. The van der Waals surface area contributed by atoms with E-state index in [1.165, 1.54) is 0 Å². The van der Waals surface area contributed by atoms with E-state index in [9.17, 15) is 4.79 Å². The number of hydrogen-bond donors (Lipinski definition) is 2. The van der Waals surface area contributed by atoms with Gasteiger partial charge in [-0.3, -0.25) is 4.79 Å². The zero-order valence-corrected chi connectivity index (χ0v) is 11.8. The van der Waals surface area contributed by atoms with E-state index < -0.39 is 0 Å². The quantitative estimate of drug-likeness (QED) is 0.774. The molecule has 1 heterocycles. The molecule has 19 heavy (non-hydrogen) atoms. The number of carbonyl (C=O) groups is 1. The fourth-order valence-electron chi connectivity index (χ4n) is 2.01. The SMILES string of the molecule is CCC(CC)N(CCO)C(=O)c1ccc(NC)nn1. The van der Waals surface area contributed by atoms with Crippen molar-refractivity contribution in [3.63, 3.8) is 0 Å². The van der Waals surface area contributed by atoms with Crippen LogP contribution in [0.2, 0.25) is 0 Å². The van der Waals surface area contributed by atoms with Crippen molar-refractivity contribution in [1.29, 1.82) is 0 Å². The summed E-state index contributed by atoms with van der Waals surface area (Å²) >= 11 is 0. The van der Waals surface area contributed by atoms with Crippen molar-refractivity contribution in [2.45, 2.75) is 32.7 Å². The maximum absolute atomic E-state index is 12.4. The van der Waals surface area contributed by atoms with Gasteiger partial charge in [0.15, 0.2) is 5.69 Å². The van der Waals surface area contributed by atoms with Gasteiger partial charge >= 0.3 is 0 Å². The number of nitrogens with zero attached hydrogens (tertiary/aromatic N) is 3. The van der Waals surface area contributed by atoms with Crippen molar-refractivity contribution < 1.29 is 9.90 Å². The third kappa shape index (κ3) is 3.89. The Morgan fingerprint density at radius 1 is 1.37 bits per heavy atom. The van der Waals surface area contributed by atoms with Crippen molar-refractivity contribution >= 4 is 11.7 Å². The number of aliphatic hydroxyl groups excluding tert-OH is 1. The van der Waals surface area contributed by atoms with Gasteiger partial charge in [-0.1, -0.05) is 13.8 Å². The van der Waals surface area contributed by atoms with Crippen LogP contribution in [0.15, 0.2) is 12.1 Å². The Morgan fingerprint density at radius 2 is 2.05 bits per heavy atom. The van der Waals surface area contributed by atoms with Gasteiger partial charge in [-0.05, 0) is 25.0 Å². The monoisotopic (exact) mass is 266 g/mol. The van der Waals surface area contributed by atoms with Crippen LogP contribution < -0.4 is 5.32 Å². The standard InChI is InChI=1S/C13H22N4O2/c1-4-10(5-2)17(8-9-18)13(19)11-6-7-12(14-3)16-15-11/h6-7,10,18H,4-5,8-9H2,1-3H3,(H,14,16). The Bertz CT molecular complexity index is 390. The van der Waals surface area contributed by atoms with Crippen molar-refractivity contribution in [1.82, 2.24) is 15.1 Å². The number of nitrogens with one attached hydrogen (secondary N) is 1. The van der Waals surface area contributed by atoms with Crippen LogP contribution in [-0.4, -0.2) is 52.4 Å². The van der Waals surface area contributed by atoms with Crippen LogP contribution in [0.3, 0.4) is 0 Å². The molecule has 0 saturated carbocycles. The molecule has 0 spiro atoms. The minimum absolute atomic E-state index is 0.0513. The van der Waals surface area contributed by atoms with Crippen LogP contribution in [0.25, 0.3) is 0 Å². The molecule has 0 unspecified atom stereocenters. The summed E-state index contributed by atoms with van der Waals surface area (Å²) in [5.74, 6) is 0.436. The van der Waals surface area contributed by atoms with Crippen molar-refractivity contribution in [2.75, 3.05) is 25.5 Å². The maximum atomic E-state index is 12.4. The van der Waals surface area contributed by atoms with E-state index in [-0.39, 0.29) is 18.6 Å². The first-order valence-corrected chi connectivity index (χ1v) is 6.61. The highest BCUT2D eigenvalue weighted by Gasteiger charge is 2.23. The fraction of sp³-hybridized carbons (Fsp3) is 0.615. The predicted octanol–water partition coefficient (Wildman–Crippen LogP) is 1.14. The largest absolute Gasteiger partial charge is 0.395 e. The second-order valence-electron chi connectivity index (χ2n) is 4.25. The van der Waals surface area contributed by atoms with Crippen LogP contribution in [0.1, 0.15) is 37.2 Å². The highest BCUT2D eigenvalue weighted by atomic mass is 16.3. The minimum atomic E-state index is -0.182. The summed E-state index contributed by atoms with van der Waals surface area (Å²) < 4.78 is 0. The van der Waals surface area contributed by atoms with Crippen molar-refractivity contribution in [2.24, 2.45) is 0 Å². The molecule has 0 radical (unpaired) electrons. The fourth-order valence-corrected chi connectivity index (χ4v) is 2.01. The molecule has 6 nitrogen and oxygen atoms in total. The van der Waals surface area contributed by atoms with Gasteiger partial charge in [0.25, 0.3) is 5.91 Å². The molecule has 6 heteroatoms. The van der Waals surface area contributed by atoms with Crippen LogP contribution >= 0.6 is 0 Å². The molecule has 1 rings (SSSR count). The highest BCUT2D eigenvalue weighted by molar-refractivity contribution is 5.92. The molecule has 0 aliphatic carbocycles. The van der Waals surface area contributed by atoms with Gasteiger partial charge in [0.05, 0.1) is 6.61 Å². The first kappa shape index (κ1) is 15.4. The van der Waals surface area contributed by atoms with E-state index >= 15 is 0 Å². The molecule has 0 aromatic carbocycles. The van der Waals surface area contributed by atoms with Gasteiger partial charge in [-0.15, -0.1) is 10.2 Å². The molecule has 106 valence electrons. The average molecular weight is 266 g/mol. The minimum Gasteiger partial charge on any atom is -0.395 e. The van der Waals surface area contributed by atoms with Crippen LogP contribution in [0.5, 0.6) is 0 Å². The lowest BCUT2D eigenvalue weighted by atomic mass is 10.1. The number of anilines is 1. The third-order valence-corrected chi connectivity index (χ3v) is 3.12. The molecule has 1 amide bonds. The van der Waals surface area contributed by atoms with E-state index in [1.807, 2.05) is 13.8 Å². The molecule has 0 aliphatic rings. The third-order valence-electron chi connectivity index (χ3n) is 3.12. The number of aromatic nitrogens is 2. The first-order valence-electron chi connectivity index (χ1n) is 6.61. The summed E-state index contributed by atoms with van der Waals surface area (Å²) in [5, 5.41) is 19.8. The number of aliphatic hydroxyl groups is 1. The van der Waals surface area contributed by atoms with Gasteiger partial charge < -0.3 is 15.3 Å². The van der Waals surface area contributed by atoms with E-state index in [0.717, 1.165) is 12.8 Å². The van der Waals surface area contributed by atoms with Gasteiger partial charge in [0.2, 0.25) is 0 Å². The molecule has 0 bridgehead atoms. The molecule has 0 fully saturated rings. The Morgan fingerprint density at radius 3 is 2.47 bits per heavy atom. The van der Waals surface area contributed by atoms with Gasteiger partial charge in [-0.2, -0.15) is 0 Å². The highest BCUT2D eigenvalue weighted by Crippen LogP contribution is 2.12. The summed E-state index contributed by atoms with van der Waals surface area (Å²) in [4.78, 5) is 14.1. The Kier molecular flexibility index (Phi) is 6.21. The lowest BCUT2D eigenvalue weighted by Gasteiger charge is -2.29. The second kappa shape index (κ2) is 7.68. The van der Waals surface area contributed by atoms with Crippen LogP contribution in [0, 0.1) is 0 Å². The molecule has 0 atom stereocenters. The summed E-state index contributed by atoms with van der Waals surface area (Å²) in [6.45, 7) is 4.33. The van der Waals surface area contributed by atoms with E-state index in [1.54, 1.807) is 24.1 Å². The average Bonchev–Trinajstić information content (AvgIpc) is 2.47. The first-order chi connectivity index (χ1) is 9.17. The molecule has 1 aromatic rings. The normalized spacial score (nSPS) is 10.6. The van der Waals surface area contributed by atoms with Crippen LogP contribution in [-0.2, 0) is 0 Å². The summed E-state index contributed by atoms with van der Waals surface area (Å²) in [5.41, 5.74) is 0.305. The Hall–Kier alpha value is -1.69. The lowest BCUT2D eigenvalue weighted by molar-refractivity contribution is 0.0615. The maximum Gasteiger partial charge on any atom is 0.274 e. The molecular formula is C13H22N4O2.